The molecule has 0 saturated heterocycles. The van der Waals surface area contributed by atoms with E-state index in [1.807, 2.05) is 13.0 Å². The van der Waals surface area contributed by atoms with E-state index in [1.54, 1.807) is 29.3 Å². The lowest BCUT2D eigenvalue weighted by atomic mass is 9.92. The molecule has 3 heterocycles. The van der Waals surface area contributed by atoms with Crippen LogP contribution in [0.4, 0.5) is 19.0 Å². The molecule has 10 heteroatoms. The van der Waals surface area contributed by atoms with Crippen LogP contribution in [0.1, 0.15) is 44.9 Å². The number of hydrogen-bond acceptors (Lipinski definition) is 5. The smallest absolute Gasteiger partial charge is 0.383 e. The van der Waals surface area contributed by atoms with Gasteiger partial charge in [-0.25, -0.2) is 4.98 Å². The number of rotatable bonds is 4. The summed E-state index contributed by atoms with van der Waals surface area (Å²) in [6, 6.07) is 9.26. The number of halogens is 3. The van der Waals surface area contributed by atoms with Gasteiger partial charge in [-0.2, -0.15) is 18.3 Å². The maximum atomic E-state index is 13.8. The third-order valence-electron chi connectivity index (χ3n) is 6.47. The van der Waals surface area contributed by atoms with E-state index in [0.29, 0.717) is 35.4 Å². The molecule has 0 aliphatic heterocycles. The Bertz CT molecular complexity index is 1400. The molecular weight excluding hydrogens is 457 g/mol. The van der Waals surface area contributed by atoms with Gasteiger partial charge >= 0.3 is 6.18 Å². The molecule has 3 aromatic heterocycles. The van der Waals surface area contributed by atoms with Gasteiger partial charge in [-0.3, -0.25) is 14.9 Å². The zero-order valence-corrected chi connectivity index (χ0v) is 18.9. The maximum Gasteiger partial charge on any atom is 0.417 e. The van der Waals surface area contributed by atoms with Crippen LogP contribution in [0.3, 0.4) is 0 Å². The summed E-state index contributed by atoms with van der Waals surface area (Å²) in [5, 5.41) is 7.89. The summed E-state index contributed by atoms with van der Waals surface area (Å²) in [5.41, 5.74) is 9.51. The zero-order valence-electron chi connectivity index (χ0n) is 18.9. The lowest BCUT2D eigenvalue weighted by Gasteiger charge is -2.34. The van der Waals surface area contributed by atoms with Crippen molar-refractivity contribution in [3.05, 3.63) is 82.4 Å². The Balaban J connectivity index is 1.48. The number of hydrogen-bond donors (Lipinski definition) is 2. The Morgan fingerprint density at radius 3 is 2.77 bits per heavy atom. The Morgan fingerprint density at radius 2 is 2.03 bits per heavy atom. The summed E-state index contributed by atoms with van der Waals surface area (Å²) in [7, 11) is 0. The van der Waals surface area contributed by atoms with Gasteiger partial charge in [-0.05, 0) is 67.3 Å². The highest BCUT2D eigenvalue weighted by Gasteiger charge is 2.32. The first kappa shape index (κ1) is 22.8. The first-order chi connectivity index (χ1) is 16.7. The van der Waals surface area contributed by atoms with Crippen molar-refractivity contribution in [3.8, 4) is 0 Å². The third-order valence-corrected chi connectivity index (χ3v) is 6.47. The summed E-state index contributed by atoms with van der Waals surface area (Å²) in [5.74, 6) is 0.209. The van der Waals surface area contributed by atoms with Crippen molar-refractivity contribution in [2.24, 2.45) is 0 Å². The average molecular weight is 480 g/mol. The Kier molecular flexibility index (Phi) is 5.66. The number of anilines is 1. The van der Waals surface area contributed by atoms with Crippen molar-refractivity contribution in [1.29, 1.82) is 0 Å². The van der Waals surface area contributed by atoms with Gasteiger partial charge in [0.2, 0.25) is 0 Å². The van der Waals surface area contributed by atoms with E-state index in [4.69, 9.17) is 5.73 Å². The highest BCUT2D eigenvalue weighted by molar-refractivity contribution is 5.98. The molecule has 0 saturated carbocycles. The standard InChI is InChI=1S/C25H23F3N6O/c1-14-8-17-9-15(3-7-21(17)32-23(14)29)24(35)34(20-6-2-16-11-31-33-22(16)10-20)13-19-5-4-18(12-30-19)25(26,27)28/h3-5,7-9,11-12,20H,2,6,10,13H2,1H3,(H2,29,32)(H,31,33). The number of aryl methyl sites for hydroxylation is 2. The molecule has 0 radical (unpaired) electrons. The van der Waals surface area contributed by atoms with Crippen molar-refractivity contribution in [1.82, 2.24) is 25.1 Å². The number of fused-ring (bicyclic) bond motifs is 2. The molecule has 3 N–H and O–H groups in total. The van der Waals surface area contributed by atoms with E-state index >= 15 is 0 Å². The molecule has 7 nitrogen and oxygen atoms in total. The molecule has 1 unspecified atom stereocenters. The average Bonchev–Trinajstić information content (AvgIpc) is 3.30. The normalized spacial score (nSPS) is 15.7. The molecule has 35 heavy (non-hydrogen) atoms. The number of aromatic amines is 1. The minimum atomic E-state index is -4.47. The van der Waals surface area contributed by atoms with Crippen LogP contribution in [0.25, 0.3) is 10.9 Å². The van der Waals surface area contributed by atoms with Crippen molar-refractivity contribution in [3.63, 3.8) is 0 Å². The number of benzene rings is 1. The number of aromatic nitrogens is 4. The number of H-pyrrole nitrogens is 1. The van der Waals surface area contributed by atoms with Crippen LogP contribution < -0.4 is 5.73 Å². The summed E-state index contributed by atoms with van der Waals surface area (Å²) < 4.78 is 39.0. The summed E-state index contributed by atoms with van der Waals surface area (Å²) in [4.78, 5) is 23.8. The number of nitrogens with zero attached hydrogens (tertiary/aromatic N) is 4. The van der Waals surface area contributed by atoms with Crippen LogP contribution in [-0.2, 0) is 25.6 Å². The summed E-state index contributed by atoms with van der Waals surface area (Å²) in [6.45, 7) is 1.94. The number of alkyl halides is 3. The number of pyridine rings is 2. The van der Waals surface area contributed by atoms with Crippen molar-refractivity contribution in [2.45, 2.75) is 44.9 Å². The largest absolute Gasteiger partial charge is 0.417 e. The van der Waals surface area contributed by atoms with Gasteiger partial charge in [0, 0.05) is 35.3 Å². The molecule has 1 aliphatic carbocycles. The molecule has 0 spiro atoms. The predicted octanol–water partition coefficient (Wildman–Crippen LogP) is 4.46. The summed E-state index contributed by atoms with van der Waals surface area (Å²) >= 11 is 0. The van der Waals surface area contributed by atoms with Crippen LogP contribution in [-0.4, -0.2) is 37.0 Å². The second-order valence-corrected chi connectivity index (χ2v) is 8.84. The fraction of sp³-hybridized carbons (Fsp3) is 0.280. The number of nitrogens with one attached hydrogen (secondary N) is 1. The number of amides is 1. The van der Waals surface area contributed by atoms with E-state index in [0.717, 1.165) is 40.9 Å². The summed E-state index contributed by atoms with van der Waals surface area (Å²) in [6.07, 6.45) is 0.166. The molecule has 5 rings (SSSR count). The van der Waals surface area contributed by atoms with Crippen LogP contribution in [0.15, 0.2) is 48.8 Å². The van der Waals surface area contributed by atoms with Crippen molar-refractivity contribution in [2.75, 3.05) is 5.73 Å². The van der Waals surface area contributed by atoms with Crippen molar-refractivity contribution >= 4 is 22.6 Å². The Hall–Kier alpha value is -3.95. The van der Waals surface area contributed by atoms with Crippen molar-refractivity contribution < 1.29 is 18.0 Å². The highest BCUT2D eigenvalue weighted by Crippen LogP contribution is 2.30. The zero-order chi connectivity index (χ0) is 24.7. The molecule has 4 aromatic rings. The van der Waals surface area contributed by atoms with Crippen LogP contribution >= 0.6 is 0 Å². The van der Waals surface area contributed by atoms with E-state index in [-0.39, 0.29) is 18.5 Å². The van der Waals surface area contributed by atoms with E-state index in [2.05, 4.69) is 20.2 Å². The molecule has 0 bridgehead atoms. The van der Waals surface area contributed by atoms with E-state index in [1.165, 1.54) is 6.07 Å². The fourth-order valence-corrected chi connectivity index (χ4v) is 4.48. The molecule has 1 atom stereocenters. The van der Waals surface area contributed by atoms with Gasteiger partial charge in [-0.15, -0.1) is 0 Å². The number of nitrogens with two attached hydrogens (primary N) is 1. The van der Waals surface area contributed by atoms with Gasteiger partial charge in [-0.1, -0.05) is 0 Å². The number of carbonyl (C=O) groups excluding carboxylic acids is 1. The fourth-order valence-electron chi connectivity index (χ4n) is 4.48. The van der Waals surface area contributed by atoms with Gasteiger partial charge in [0.05, 0.1) is 29.5 Å². The quantitative estimate of drug-likeness (QED) is 0.449. The minimum absolute atomic E-state index is 0.0855. The molecule has 1 aromatic carbocycles. The lowest BCUT2D eigenvalue weighted by molar-refractivity contribution is -0.137. The number of carbonyl (C=O) groups is 1. The molecule has 1 amide bonds. The molecule has 180 valence electrons. The monoisotopic (exact) mass is 480 g/mol. The topological polar surface area (TPSA) is 101 Å². The molecular formula is C25H23F3N6O. The van der Waals surface area contributed by atoms with E-state index in [9.17, 15) is 18.0 Å². The Labute approximate surface area is 199 Å². The lowest BCUT2D eigenvalue weighted by Crippen LogP contribution is -2.43. The van der Waals surface area contributed by atoms with Gasteiger partial charge < -0.3 is 10.6 Å². The van der Waals surface area contributed by atoms with Crippen LogP contribution in [0, 0.1) is 6.92 Å². The number of nitrogen functional groups attached to an aromatic ring is 1. The van der Waals surface area contributed by atoms with E-state index < -0.39 is 11.7 Å². The first-order valence-electron chi connectivity index (χ1n) is 11.2. The second kappa shape index (κ2) is 8.68. The van der Waals surface area contributed by atoms with Crippen LogP contribution in [0.2, 0.25) is 0 Å². The highest BCUT2D eigenvalue weighted by atomic mass is 19.4. The SMILES string of the molecule is Cc1cc2cc(C(=O)N(Cc3ccc(C(F)(F)F)cn3)C3CCc4cn[nH]c4C3)ccc2nc1N. The van der Waals surface area contributed by atoms with Gasteiger partial charge in [0.25, 0.3) is 5.91 Å². The van der Waals surface area contributed by atoms with Gasteiger partial charge in [0.1, 0.15) is 5.82 Å². The first-order valence-corrected chi connectivity index (χ1v) is 11.2. The molecule has 1 aliphatic rings. The van der Waals surface area contributed by atoms with Gasteiger partial charge in [0.15, 0.2) is 0 Å². The third kappa shape index (κ3) is 4.55. The predicted molar refractivity (Wildman–Crippen MR) is 124 cm³/mol. The molecule has 0 fully saturated rings. The Morgan fingerprint density at radius 1 is 1.20 bits per heavy atom. The minimum Gasteiger partial charge on any atom is -0.383 e. The second-order valence-electron chi connectivity index (χ2n) is 8.84. The van der Waals surface area contributed by atoms with Crippen LogP contribution in [0.5, 0.6) is 0 Å². The maximum absolute atomic E-state index is 13.8.